The molecule has 0 aliphatic heterocycles. The van der Waals surface area contributed by atoms with Gasteiger partial charge in [-0.25, -0.2) is 9.59 Å². The summed E-state index contributed by atoms with van der Waals surface area (Å²) in [6.45, 7) is -0.461. The number of hydrogen-bond acceptors (Lipinski definition) is 4. The Kier molecular flexibility index (Phi) is 4.30. The van der Waals surface area contributed by atoms with Crippen molar-refractivity contribution in [3.05, 3.63) is 28.2 Å². The lowest BCUT2D eigenvalue weighted by atomic mass is 10.2. The molecule has 0 unspecified atom stereocenters. The third-order valence-electron chi connectivity index (χ3n) is 1.65. The first kappa shape index (κ1) is 12.5. The molecular weight excluding hydrogens is 280 g/mol. The molecule has 6 heteroatoms. The van der Waals surface area contributed by atoms with Crippen molar-refractivity contribution < 1.29 is 24.2 Å². The molecule has 1 aromatic rings. The average Bonchev–Trinajstić information content (AvgIpc) is 2.24. The third kappa shape index (κ3) is 3.54. The zero-order chi connectivity index (χ0) is 12.1. The number of carboxylic acids is 1. The van der Waals surface area contributed by atoms with E-state index in [0.717, 1.165) is 0 Å². The van der Waals surface area contributed by atoms with Crippen molar-refractivity contribution in [3.63, 3.8) is 0 Å². The highest BCUT2D eigenvalue weighted by atomic mass is 79.9. The minimum atomic E-state index is -1.08. The van der Waals surface area contributed by atoms with Crippen LogP contribution in [0.3, 0.4) is 0 Å². The van der Waals surface area contributed by atoms with E-state index in [0.29, 0.717) is 4.47 Å². The summed E-state index contributed by atoms with van der Waals surface area (Å²) in [6, 6.07) is 4.54. The zero-order valence-corrected chi connectivity index (χ0v) is 9.98. The van der Waals surface area contributed by atoms with Gasteiger partial charge in [0.15, 0.2) is 6.61 Å². The molecule has 0 amide bonds. The van der Waals surface area contributed by atoms with Crippen LogP contribution in [-0.2, 0) is 9.53 Å². The summed E-state index contributed by atoms with van der Waals surface area (Å²) in [7, 11) is 1.26. The maximum atomic E-state index is 11.2. The van der Waals surface area contributed by atoms with E-state index < -0.39 is 18.5 Å². The summed E-state index contributed by atoms with van der Waals surface area (Å²) in [5, 5.41) is 8.44. The number of halogens is 1. The first-order valence-corrected chi connectivity index (χ1v) is 5.05. The van der Waals surface area contributed by atoms with Crippen molar-refractivity contribution in [1.82, 2.24) is 0 Å². The van der Waals surface area contributed by atoms with Crippen LogP contribution < -0.4 is 4.74 Å². The lowest BCUT2D eigenvalue weighted by molar-refractivity contribution is -0.139. The Morgan fingerprint density at radius 1 is 1.38 bits per heavy atom. The molecule has 0 saturated heterocycles. The van der Waals surface area contributed by atoms with Crippen molar-refractivity contribution in [1.29, 1.82) is 0 Å². The number of aliphatic carboxylic acids is 1. The molecule has 0 atom stereocenters. The largest absolute Gasteiger partial charge is 0.482 e. The highest BCUT2D eigenvalue weighted by molar-refractivity contribution is 9.10. The minimum Gasteiger partial charge on any atom is -0.482 e. The fourth-order valence-electron chi connectivity index (χ4n) is 1.03. The van der Waals surface area contributed by atoms with Crippen LogP contribution in [0.5, 0.6) is 5.75 Å². The zero-order valence-electron chi connectivity index (χ0n) is 8.40. The van der Waals surface area contributed by atoms with Crippen LogP contribution in [-0.4, -0.2) is 30.8 Å². The molecule has 0 aliphatic carbocycles. The Bertz CT molecular complexity index is 416. The number of ether oxygens (including phenoxy) is 2. The first-order chi connectivity index (χ1) is 7.52. The summed E-state index contributed by atoms with van der Waals surface area (Å²) < 4.78 is 10.1. The van der Waals surface area contributed by atoms with Crippen molar-refractivity contribution >= 4 is 27.9 Å². The van der Waals surface area contributed by atoms with Crippen LogP contribution in [0, 0.1) is 0 Å². The number of carboxylic acid groups (broad SMARTS) is 1. The molecule has 0 spiro atoms. The highest BCUT2D eigenvalue weighted by Gasteiger charge is 2.09. The Morgan fingerprint density at radius 2 is 2.06 bits per heavy atom. The van der Waals surface area contributed by atoms with Gasteiger partial charge >= 0.3 is 11.9 Å². The van der Waals surface area contributed by atoms with Crippen LogP contribution in [0.2, 0.25) is 0 Å². The second kappa shape index (κ2) is 5.50. The third-order valence-corrected chi connectivity index (χ3v) is 2.11. The van der Waals surface area contributed by atoms with E-state index in [2.05, 4.69) is 20.7 Å². The molecule has 1 aromatic carbocycles. The van der Waals surface area contributed by atoms with Gasteiger partial charge in [0, 0.05) is 4.47 Å². The summed E-state index contributed by atoms with van der Waals surface area (Å²) in [5.41, 5.74) is 0.289. The van der Waals surface area contributed by atoms with Crippen LogP contribution in [0.4, 0.5) is 0 Å². The van der Waals surface area contributed by atoms with Crippen LogP contribution >= 0.6 is 15.9 Å². The average molecular weight is 289 g/mol. The summed E-state index contributed by atoms with van der Waals surface area (Å²) in [6.07, 6.45) is 0. The topological polar surface area (TPSA) is 72.8 Å². The van der Waals surface area contributed by atoms with Gasteiger partial charge in [-0.1, -0.05) is 15.9 Å². The van der Waals surface area contributed by atoms with Gasteiger partial charge in [0.25, 0.3) is 0 Å². The number of esters is 1. The van der Waals surface area contributed by atoms with Gasteiger partial charge in [-0.3, -0.25) is 0 Å². The molecule has 0 aliphatic rings. The van der Waals surface area contributed by atoms with E-state index in [1.165, 1.54) is 13.2 Å². The lowest BCUT2D eigenvalue weighted by Crippen LogP contribution is -2.10. The Morgan fingerprint density at radius 3 is 2.62 bits per heavy atom. The molecule has 0 fully saturated rings. The van der Waals surface area contributed by atoms with Crippen molar-refractivity contribution in [2.45, 2.75) is 0 Å². The van der Waals surface area contributed by atoms with Gasteiger partial charge in [-0.05, 0) is 18.2 Å². The molecule has 0 aromatic heterocycles. The number of carbonyl (C=O) groups is 2. The van der Waals surface area contributed by atoms with Gasteiger partial charge in [0.05, 0.1) is 12.7 Å². The molecule has 0 bridgehead atoms. The number of benzene rings is 1. The molecule has 5 nitrogen and oxygen atoms in total. The Labute approximate surface area is 100 Å². The molecular formula is C10H9BrO5. The number of methoxy groups -OCH3 is 1. The maximum Gasteiger partial charge on any atom is 0.341 e. The second-order valence-electron chi connectivity index (χ2n) is 2.85. The van der Waals surface area contributed by atoms with Crippen LogP contribution in [0.25, 0.3) is 0 Å². The predicted octanol–water partition coefficient (Wildman–Crippen LogP) is 1.70. The fourth-order valence-corrected chi connectivity index (χ4v) is 1.50. The summed E-state index contributed by atoms with van der Waals surface area (Å²) in [5.74, 6) is -1.31. The standard InChI is InChI=1S/C10H9BrO5/c1-15-10(14)6-2-7(11)4-8(3-6)16-5-9(12)13/h2-4H,5H2,1H3,(H,12,13). The fraction of sp³-hybridized carbons (Fsp3) is 0.200. The predicted molar refractivity (Wildman–Crippen MR) is 58.6 cm³/mol. The molecule has 0 saturated carbocycles. The van der Waals surface area contributed by atoms with Crippen molar-refractivity contribution in [3.8, 4) is 5.75 Å². The summed E-state index contributed by atoms with van der Waals surface area (Å²) >= 11 is 3.18. The first-order valence-electron chi connectivity index (χ1n) is 4.26. The van der Waals surface area contributed by atoms with E-state index >= 15 is 0 Å². The van der Waals surface area contributed by atoms with E-state index in [9.17, 15) is 9.59 Å². The molecule has 0 radical (unpaired) electrons. The van der Waals surface area contributed by atoms with Crippen molar-refractivity contribution in [2.24, 2.45) is 0 Å². The van der Waals surface area contributed by atoms with Crippen LogP contribution in [0.15, 0.2) is 22.7 Å². The van der Waals surface area contributed by atoms with Crippen molar-refractivity contribution in [2.75, 3.05) is 13.7 Å². The summed E-state index contributed by atoms with van der Waals surface area (Å²) in [4.78, 5) is 21.5. The van der Waals surface area contributed by atoms with Gasteiger partial charge in [-0.2, -0.15) is 0 Å². The van der Waals surface area contributed by atoms with E-state index in [1.54, 1.807) is 12.1 Å². The lowest BCUT2D eigenvalue weighted by Gasteiger charge is -2.06. The number of rotatable bonds is 4. The molecule has 16 heavy (non-hydrogen) atoms. The normalized spacial score (nSPS) is 9.62. The van der Waals surface area contributed by atoms with Gasteiger partial charge < -0.3 is 14.6 Å². The van der Waals surface area contributed by atoms with Crippen LogP contribution in [0.1, 0.15) is 10.4 Å². The molecule has 0 heterocycles. The molecule has 1 rings (SSSR count). The maximum absolute atomic E-state index is 11.2. The quantitative estimate of drug-likeness (QED) is 0.854. The van der Waals surface area contributed by atoms with Gasteiger partial charge in [-0.15, -0.1) is 0 Å². The van der Waals surface area contributed by atoms with E-state index in [4.69, 9.17) is 9.84 Å². The molecule has 86 valence electrons. The number of hydrogen-bond donors (Lipinski definition) is 1. The van der Waals surface area contributed by atoms with E-state index in [-0.39, 0.29) is 11.3 Å². The Balaban J connectivity index is 2.89. The van der Waals surface area contributed by atoms with Gasteiger partial charge in [0.2, 0.25) is 0 Å². The van der Waals surface area contributed by atoms with Gasteiger partial charge in [0.1, 0.15) is 5.75 Å². The minimum absolute atomic E-state index is 0.289. The monoisotopic (exact) mass is 288 g/mol. The Hall–Kier alpha value is -1.56. The SMILES string of the molecule is COC(=O)c1cc(Br)cc(OCC(=O)O)c1. The highest BCUT2D eigenvalue weighted by Crippen LogP contribution is 2.22. The van der Waals surface area contributed by atoms with E-state index in [1.807, 2.05) is 0 Å². The molecule has 1 N–H and O–H groups in total. The second-order valence-corrected chi connectivity index (χ2v) is 3.77. The number of carbonyl (C=O) groups excluding carboxylic acids is 1. The smallest absolute Gasteiger partial charge is 0.341 e.